The van der Waals surface area contributed by atoms with Crippen molar-refractivity contribution in [2.75, 3.05) is 6.61 Å². The number of aliphatic hydroxyl groups excluding tert-OH is 1. The average molecular weight is 102 g/mol. The predicted octanol–water partition coefficient (Wildman–Crippen LogP) is 0.156. The molecule has 0 aromatic heterocycles. The van der Waals surface area contributed by atoms with Crippen molar-refractivity contribution in [3.8, 4) is 0 Å². The molecule has 1 rings (SSSR count). The maximum atomic E-state index is 8.38. The minimum atomic E-state index is 0.148. The van der Waals surface area contributed by atoms with Crippen LogP contribution in [0.1, 0.15) is 13.3 Å². The molecule has 0 aromatic carbocycles. The van der Waals surface area contributed by atoms with E-state index in [0.29, 0.717) is 6.10 Å². The van der Waals surface area contributed by atoms with E-state index >= 15 is 0 Å². The molecule has 2 heteroatoms. The standard InChI is InChI=1S/C5H10O2/c1-4-2-5(3-6)7-4/h4-6H,2-3H2,1H3/t4-,5-/m0/s1. The first-order valence-corrected chi connectivity index (χ1v) is 2.59. The van der Waals surface area contributed by atoms with E-state index in [1.807, 2.05) is 6.92 Å². The Bertz CT molecular complexity index is 57.1. The molecule has 1 heterocycles. The number of ether oxygens (including phenoxy) is 1. The van der Waals surface area contributed by atoms with Crippen LogP contribution in [0, 0.1) is 0 Å². The van der Waals surface area contributed by atoms with E-state index < -0.39 is 0 Å². The molecule has 0 radical (unpaired) electrons. The van der Waals surface area contributed by atoms with Gasteiger partial charge in [0.2, 0.25) is 0 Å². The summed E-state index contributed by atoms with van der Waals surface area (Å²) in [6.45, 7) is 2.19. The number of rotatable bonds is 1. The van der Waals surface area contributed by atoms with E-state index in [1.165, 1.54) is 0 Å². The van der Waals surface area contributed by atoms with E-state index in [4.69, 9.17) is 9.84 Å². The molecule has 0 aliphatic carbocycles. The van der Waals surface area contributed by atoms with Crippen molar-refractivity contribution in [1.29, 1.82) is 0 Å². The molecule has 1 saturated heterocycles. The molecule has 1 aliphatic heterocycles. The Kier molecular flexibility index (Phi) is 1.30. The lowest BCUT2D eigenvalue weighted by Gasteiger charge is -2.31. The average Bonchev–Trinajstić information content (AvgIpc) is 1.58. The maximum Gasteiger partial charge on any atom is 0.0833 e. The molecule has 42 valence electrons. The molecule has 0 unspecified atom stereocenters. The van der Waals surface area contributed by atoms with E-state index in [-0.39, 0.29) is 12.7 Å². The van der Waals surface area contributed by atoms with Crippen molar-refractivity contribution < 1.29 is 9.84 Å². The van der Waals surface area contributed by atoms with Crippen molar-refractivity contribution in [3.63, 3.8) is 0 Å². The fraction of sp³-hybridized carbons (Fsp3) is 1.00. The van der Waals surface area contributed by atoms with Crippen LogP contribution < -0.4 is 0 Å². The molecule has 2 atom stereocenters. The van der Waals surface area contributed by atoms with Gasteiger partial charge in [0.05, 0.1) is 18.8 Å². The van der Waals surface area contributed by atoms with E-state index in [1.54, 1.807) is 0 Å². The van der Waals surface area contributed by atoms with Gasteiger partial charge in [-0.05, 0) is 6.92 Å². The van der Waals surface area contributed by atoms with Crippen molar-refractivity contribution in [2.24, 2.45) is 0 Å². The number of hydrogen-bond acceptors (Lipinski definition) is 2. The summed E-state index contributed by atoms with van der Waals surface area (Å²) in [5.41, 5.74) is 0. The van der Waals surface area contributed by atoms with Crippen molar-refractivity contribution >= 4 is 0 Å². The molecule has 7 heavy (non-hydrogen) atoms. The zero-order chi connectivity index (χ0) is 5.28. The van der Waals surface area contributed by atoms with Gasteiger partial charge in [0.1, 0.15) is 0 Å². The normalized spacial score (nSPS) is 40.3. The molecule has 0 saturated carbocycles. The topological polar surface area (TPSA) is 29.5 Å². The summed E-state index contributed by atoms with van der Waals surface area (Å²) >= 11 is 0. The third kappa shape index (κ3) is 0.924. The van der Waals surface area contributed by atoms with Gasteiger partial charge in [0.15, 0.2) is 0 Å². The summed E-state index contributed by atoms with van der Waals surface area (Å²) in [5, 5.41) is 8.38. The van der Waals surface area contributed by atoms with Crippen LogP contribution in [0.25, 0.3) is 0 Å². The molecule has 0 amide bonds. The van der Waals surface area contributed by atoms with Crippen LogP contribution in [0.15, 0.2) is 0 Å². The van der Waals surface area contributed by atoms with E-state index in [2.05, 4.69) is 0 Å². The summed E-state index contributed by atoms with van der Waals surface area (Å²) < 4.78 is 5.04. The highest BCUT2D eigenvalue weighted by molar-refractivity contribution is 4.71. The second kappa shape index (κ2) is 1.80. The molecule has 1 N–H and O–H groups in total. The van der Waals surface area contributed by atoms with Gasteiger partial charge in [-0.2, -0.15) is 0 Å². The van der Waals surface area contributed by atoms with Gasteiger partial charge in [-0.15, -0.1) is 0 Å². The van der Waals surface area contributed by atoms with Crippen molar-refractivity contribution in [1.82, 2.24) is 0 Å². The molecule has 1 aliphatic rings. The largest absolute Gasteiger partial charge is 0.394 e. The fourth-order valence-corrected chi connectivity index (χ4v) is 0.805. The summed E-state index contributed by atoms with van der Waals surface area (Å²) in [6.07, 6.45) is 1.56. The number of hydrogen-bond donors (Lipinski definition) is 1. The maximum absolute atomic E-state index is 8.38. The van der Waals surface area contributed by atoms with Crippen LogP contribution in [-0.4, -0.2) is 23.9 Å². The Morgan fingerprint density at radius 1 is 1.86 bits per heavy atom. The molecule has 1 fully saturated rings. The van der Waals surface area contributed by atoms with Gasteiger partial charge in [-0.3, -0.25) is 0 Å². The van der Waals surface area contributed by atoms with E-state index in [0.717, 1.165) is 6.42 Å². The third-order valence-electron chi connectivity index (χ3n) is 1.22. The number of aliphatic hydroxyl groups is 1. The first-order valence-electron chi connectivity index (χ1n) is 2.59. The first kappa shape index (κ1) is 5.06. The van der Waals surface area contributed by atoms with Gasteiger partial charge in [-0.25, -0.2) is 0 Å². The molecule has 0 bridgehead atoms. The van der Waals surface area contributed by atoms with E-state index in [9.17, 15) is 0 Å². The lowest BCUT2D eigenvalue weighted by Crippen LogP contribution is -2.37. The highest BCUT2D eigenvalue weighted by Gasteiger charge is 2.24. The Morgan fingerprint density at radius 2 is 2.43 bits per heavy atom. The molecule has 0 spiro atoms. The summed E-state index contributed by atoms with van der Waals surface area (Å²) in [4.78, 5) is 0. The quantitative estimate of drug-likeness (QED) is 0.511. The Balaban J connectivity index is 2.06. The molecular weight excluding hydrogens is 92.1 g/mol. The minimum Gasteiger partial charge on any atom is -0.394 e. The summed E-state index contributed by atoms with van der Waals surface area (Å²) in [7, 11) is 0. The Morgan fingerprint density at radius 3 is 2.57 bits per heavy atom. The lowest BCUT2D eigenvalue weighted by molar-refractivity contribution is -0.132. The molecule has 0 aromatic rings. The summed E-state index contributed by atoms with van der Waals surface area (Å²) in [6, 6.07) is 0. The lowest BCUT2D eigenvalue weighted by atomic mass is 10.1. The molecule has 2 nitrogen and oxygen atoms in total. The minimum absolute atomic E-state index is 0.148. The van der Waals surface area contributed by atoms with Crippen LogP contribution >= 0.6 is 0 Å². The van der Waals surface area contributed by atoms with Gasteiger partial charge < -0.3 is 9.84 Å². The highest BCUT2D eigenvalue weighted by atomic mass is 16.5. The Labute approximate surface area is 43.1 Å². The van der Waals surface area contributed by atoms with Crippen molar-refractivity contribution in [2.45, 2.75) is 25.6 Å². The first-order chi connectivity index (χ1) is 3.33. The zero-order valence-corrected chi connectivity index (χ0v) is 4.42. The van der Waals surface area contributed by atoms with Crippen LogP contribution in [-0.2, 0) is 4.74 Å². The van der Waals surface area contributed by atoms with Gasteiger partial charge in [0, 0.05) is 6.42 Å². The Hall–Kier alpha value is -0.0800. The van der Waals surface area contributed by atoms with Crippen LogP contribution in [0.4, 0.5) is 0 Å². The summed E-state index contributed by atoms with van der Waals surface area (Å²) in [5.74, 6) is 0. The van der Waals surface area contributed by atoms with Crippen LogP contribution in [0.5, 0.6) is 0 Å². The highest BCUT2D eigenvalue weighted by Crippen LogP contribution is 2.18. The van der Waals surface area contributed by atoms with Crippen LogP contribution in [0.3, 0.4) is 0 Å². The van der Waals surface area contributed by atoms with Crippen LogP contribution in [0.2, 0.25) is 0 Å². The predicted molar refractivity (Wildman–Crippen MR) is 26.0 cm³/mol. The molecular formula is C5H10O2. The third-order valence-corrected chi connectivity index (χ3v) is 1.22. The van der Waals surface area contributed by atoms with Gasteiger partial charge in [0.25, 0.3) is 0 Å². The smallest absolute Gasteiger partial charge is 0.0833 e. The fourth-order valence-electron chi connectivity index (χ4n) is 0.805. The zero-order valence-electron chi connectivity index (χ0n) is 4.42. The second-order valence-electron chi connectivity index (χ2n) is 1.99. The monoisotopic (exact) mass is 102 g/mol. The van der Waals surface area contributed by atoms with Gasteiger partial charge in [-0.1, -0.05) is 0 Å². The van der Waals surface area contributed by atoms with Crippen molar-refractivity contribution in [3.05, 3.63) is 0 Å². The SMILES string of the molecule is C[C@H]1C[C@@H](CO)O1. The second-order valence-corrected chi connectivity index (χ2v) is 1.99. The van der Waals surface area contributed by atoms with Gasteiger partial charge >= 0.3 is 0 Å².